The molecule has 0 aromatic carbocycles. The Morgan fingerprint density at radius 1 is 1.27 bits per heavy atom. The lowest BCUT2D eigenvalue weighted by molar-refractivity contribution is -0.122. The standard InChI is InChI=1S/C22H31N5O3/c1-26(2)15-21(28)24-16-5-7-17(8-6-16)30-22-18-4-3-9-23-19(18)14-20(25-22)27-10-12-29-13-11-27/h3-4,9,14,16-17H,5-8,10-13,15H2,1-2H3,(H,24,28). The normalized spacial score (nSPS) is 22.3. The van der Waals surface area contributed by atoms with Crippen molar-refractivity contribution in [1.29, 1.82) is 0 Å². The topological polar surface area (TPSA) is 79.8 Å². The summed E-state index contributed by atoms with van der Waals surface area (Å²) in [7, 11) is 3.81. The molecule has 1 aliphatic heterocycles. The summed E-state index contributed by atoms with van der Waals surface area (Å²) in [5.74, 6) is 1.63. The zero-order valence-electron chi connectivity index (χ0n) is 17.8. The van der Waals surface area contributed by atoms with E-state index in [4.69, 9.17) is 14.5 Å². The van der Waals surface area contributed by atoms with Gasteiger partial charge >= 0.3 is 0 Å². The first kappa shape index (κ1) is 20.8. The molecule has 2 fully saturated rings. The van der Waals surface area contributed by atoms with Gasteiger partial charge in [0.2, 0.25) is 11.8 Å². The van der Waals surface area contributed by atoms with E-state index in [-0.39, 0.29) is 18.1 Å². The van der Waals surface area contributed by atoms with Crippen molar-refractivity contribution >= 4 is 22.6 Å². The Hall–Kier alpha value is -2.45. The summed E-state index contributed by atoms with van der Waals surface area (Å²) in [5.41, 5.74) is 0.897. The van der Waals surface area contributed by atoms with Crippen LogP contribution in [0.25, 0.3) is 10.9 Å². The molecule has 3 heterocycles. The second-order valence-electron chi connectivity index (χ2n) is 8.35. The van der Waals surface area contributed by atoms with E-state index in [2.05, 4.69) is 15.2 Å². The minimum absolute atomic E-state index is 0.0846. The molecule has 0 bridgehead atoms. The molecule has 8 nitrogen and oxygen atoms in total. The molecule has 4 rings (SSSR count). The molecule has 1 amide bonds. The van der Waals surface area contributed by atoms with Crippen molar-refractivity contribution in [2.45, 2.75) is 37.8 Å². The molecule has 0 atom stereocenters. The van der Waals surface area contributed by atoms with Crippen molar-refractivity contribution in [2.24, 2.45) is 0 Å². The van der Waals surface area contributed by atoms with Crippen LogP contribution in [0.4, 0.5) is 5.82 Å². The van der Waals surface area contributed by atoms with Gasteiger partial charge in [-0.15, -0.1) is 0 Å². The minimum Gasteiger partial charge on any atom is -0.474 e. The number of nitrogens with zero attached hydrogens (tertiary/aromatic N) is 4. The summed E-state index contributed by atoms with van der Waals surface area (Å²) in [5, 5.41) is 4.08. The molecule has 1 N–H and O–H groups in total. The summed E-state index contributed by atoms with van der Waals surface area (Å²) in [4.78, 5) is 25.5. The number of morpholine rings is 1. The summed E-state index contributed by atoms with van der Waals surface area (Å²) >= 11 is 0. The molecule has 0 unspecified atom stereocenters. The number of ether oxygens (including phenoxy) is 2. The molecule has 30 heavy (non-hydrogen) atoms. The van der Waals surface area contributed by atoms with Gasteiger partial charge in [0, 0.05) is 31.4 Å². The lowest BCUT2D eigenvalue weighted by Crippen LogP contribution is -2.43. The SMILES string of the molecule is CN(C)CC(=O)NC1CCC(Oc2nc(N3CCOCC3)cc3ncccc23)CC1. The van der Waals surface area contributed by atoms with Crippen molar-refractivity contribution in [3.63, 3.8) is 0 Å². The van der Waals surface area contributed by atoms with Crippen molar-refractivity contribution in [2.75, 3.05) is 51.8 Å². The summed E-state index contributed by atoms with van der Waals surface area (Å²) in [6.45, 7) is 3.49. The highest BCUT2D eigenvalue weighted by molar-refractivity contribution is 5.85. The number of aromatic nitrogens is 2. The van der Waals surface area contributed by atoms with Crippen LogP contribution in [0.3, 0.4) is 0 Å². The second kappa shape index (κ2) is 9.57. The Kier molecular flexibility index (Phi) is 6.64. The first-order valence-corrected chi connectivity index (χ1v) is 10.8. The molecule has 0 radical (unpaired) electrons. The number of amides is 1. The molecule has 0 spiro atoms. The Morgan fingerprint density at radius 2 is 2.03 bits per heavy atom. The largest absolute Gasteiger partial charge is 0.474 e. The Bertz CT molecular complexity index is 861. The average molecular weight is 414 g/mol. The van der Waals surface area contributed by atoms with Crippen LogP contribution < -0.4 is 15.0 Å². The first-order chi connectivity index (χ1) is 14.6. The quantitative estimate of drug-likeness (QED) is 0.774. The Morgan fingerprint density at radius 3 is 2.77 bits per heavy atom. The molecule has 1 aliphatic carbocycles. The summed E-state index contributed by atoms with van der Waals surface area (Å²) in [6.07, 6.45) is 5.54. The highest BCUT2D eigenvalue weighted by Gasteiger charge is 2.25. The molecule has 162 valence electrons. The van der Waals surface area contributed by atoms with E-state index in [0.29, 0.717) is 25.6 Å². The third-order valence-electron chi connectivity index (χ3n) is 5.66. The van der Waals surface area contributed by atoms with Gasteiger partial charge < -0.3 is 24.6 Å². The number of fused-ring (bicyclic) bond motifs is 1. The zero-order chi connectivity index (χ0) is 20.9. The summed E-state index contributed by atoms with van der Waals surface area (Å²) in [6, 6.07) is 6.19. The van der Waals surface area contributed by atoms with E-state index in [9.17, 15) is 4.79 Å². The zero-order valence-corrected chi connectivity index (χ0v) is 17.8. The van der Waals surface area contributed by atoms with Gasteiger partial charge in [-0.1, -0.05) is 0 Å². The van der Waals surface area contributed by atoms with Crippen molar-refractivity contribution < 1.29 is 14.3 Å². The minimum atomic E-state index is 0.0846. The van der Waals surface area contributed by atoms with Gasteiger partial charge in [-0.05, 0) is 51.9 Å². The van der Waals surface area contributed by atoms with Gasteiger partial charge in [0.1, 0.15) is 11.9 Å². The van der Waals surface area contributed by atoms with Crippen LogP contribution in [0.15, 0.2) is 24.4 Å². The van der Waals surface area contributed by atoms with Crippen LogP contribution in [0.1, 0.15) is 25.7 Å². The van der Waals surface area contributed by atoms with E-state index < -0.39 is 0 Å². The third kappa shape index (κ3) is 5.17. The average Bonchev–Trinajstić information content (AvgIpc) is 2.75. The first-order valence-electron chi connectivity index (χ1n) is 10.8. The lowest BCUT2D eigenvalue weighted by Gasteiger charge is -2.31. The highest BCUT2D eigenvalue weighted by atomic mass is 16.5. The van der Waals surface area contributed by atoms with Crippen molar-refractivity contribution in [3.8, 4) is 5.88 Å². The fraction of sp³-hybridized carbons (Fsp3) is 0.591. The number of hydrogen-bond donors (Lipinski definition) is 1. The number of anilines is 1. The van der Waals surface area contributed by atoms with Gasteiger partial charge in [0.15, 0.2) is 0 Å². The van der Waals surface area contributed by atoms with Crippen LogP contribution >= 0.6 is 0 Å². The van der Waals surface area contributed by atoms with Crippen LogP contribution in [0, 0.1) is 0 Å². The van der Waals surface area contributed by atoms with Crippen molar-refractivity contribution in [3.05, 3.63) is 24.4 Å². The number of hydrogen-bond acceptors (Lipinski definition) is 7. The second-order valence-corrected chi connectivity index (χ2v) is 8.35. The third-order valence-corrected chi connectivity index (χ3v) is 5.66. The molecular formula is C22H31N5O3. The van der Waals surface area contributed by atoms with Gasteiger partial charge in [0.05, 0.1) is 30.7 Å². The maximum absolute atomic E-state index is 12.0. The van der Waals surface area contributed by atoms with Gasteiger partial charge in [-0.2, -0.15) is 4.98 Å². The molecule has 2 aromatic heterocycles. The predicted octanol–water partition coefficient (Wildman–Crippen LogP) is 1.83. The fourth-order valence-corrected chi connectivity index (χ4v) is 4.12. The Balaban J connectivity index is 1.43. The van der Waals surface area contributed by atoms with Gasteiger partial charge in [0.25, 0.3) is 0 Å². The monoisotopic (exact) mass is 413 g/mol. The number of carbonyl (C=O) groups excluding carboxylic acids is 1. The van der Waals surface area contributed by atoms with E-state index >= 15 is 0 Å². The van der Waals surface area contributed by atoms with E-state index in [0.717, 1.165) is 55.5 Å². The van der Waals surface area contributed by atoms with Gasteiger partial charge in [-0.25, -0.2) is 0 Å². The number of nitrogens with one attached hydrogen (secondary N) is 1. The van der Waals surface area contributed by atoms with E-state index in [1.807, 2.05) is 37.2 Å². The molecular weight excluding hydrogens is 382 g/mol. The maximum atomic E-state index is 12.0. The fourth-order valence-electron chi connectivity index (χ4n) is 4.12. The van der Waals surface area contributed by atoms with Crippen LogP contribution in [-0.2, 0) is 9.53 Å². The highest BCUT2D eigenvalue weighted by Crippen LogP contribution is 2.30. The molecule has 1 saturated carbocycles. The lowest BCUT2D eigenvalue weighted by atomic mass is 9.93. The van der Waals surface area contributed by atoms with Crippen LogP contribution in [0.2, 0.25) is 0 Å². The molecule has 1 saturated heterocycles. The number of rotatable bonds is 6. The van der Waals surface area contributed by atoms with E-state index in [1.54, 1.807) is 6.20 Å². The maximum Gasteiger partial charge on any atom is 0.234 e. The predicted molar refractivity (Wildman–Crippen MR) is 116 cm³/mol. The van der Waals surface area contributed by atoms with Gasteiger partial charge in [-0.3, -0.25) is 9.78 Å². The molecule has 2 aliphatic rings. The molecule has 2 aromatic rings. The van der Waals surface area contributed by atoms with Crippen molar-refractivity contribution in [1.82, 2.24) is 20.2 Å². The number of carbonyl (C=O) groups is 1. The number of pyridine rings is 2. The smallest absolute Gasteiger partial charge is 0.234 e. The Labute approximate surface area is 177 Å². The summed E-state index contributed by atoms with van der Waals surface area (Å²) < 4.78 is 11.9. The van der Waals surface area contributed by atoms with Crippen LogP contribution in [-0.4, -0.2) is 79.9 Å². The number of likely N-dealkylation sites (N-methyl/N-ethyl adjacent to an activating group) is 1. The molecule has 8 heteroatoms. The van der Waals surface area contributed by atoms with Crippen LogP contribution in [0.5, 0.6) is 5.88 Å². The van der Waals surface area contributed by atoms with E-state index in [1.165, 1.54) is 0 Å².